The molecule has 2 aliphatic rings. The van der Waals surface area contributed by atoms with Crippen molar-refractivity contribution in [2.75, 3.05) is 31.3 Å². The van der Waals surface area contributed by atoms with Crippen molar-refractivity contribution in [2.45, 2.75) is 25.8 Å². The molecule has 1 amide bonds. The van der Waals surface area contributed by atoms with Gasteiger partial charge in [-0.2, -0.15) is 5.10 Å². The lowest BCUT2D eigenvalue weighted by molar-refractivity contribution is 0.0944. The van der Waals surface area contributed by atoms with E-state index in [-0.39, 0.29) is 23.5 Å². The highest BCUT2D eigenvalue weighted by Gasteiger charge is 2.31. The van der Waals surface area contributed by atoms with Crippen molar-refractivity contribution in [3.05, 3.63) is 17.5 Å². The number of carbonyl (C=O) groups is 1. The van der Waals surface area contributed by atoms with Gasteiger partial charge in [0.1, 0.15) is 0 Å². The third kappa shape index (κ3) is 3.17. The van der Waals surface area contributed by atoms with Gasteiger partial charge in [0.25, 0.3) is 5.91 Å². The van der Waals surface area contributed by atoms with Gasteiger partial charge in [-0.3, -0.25) is 9.48 Å². The number of carbonyl (C=O) groups excluding carboxylic acids is 1. The predicted octanol–water partition coefficient (Wildman–Crippen LogP) is 0.317. The number of sulfone groups is 1. The Morgan fingerprint density at radius 3 is 2.95 bits per heavy atom. The fourth-order valence-corrected chi connectivity index (χ4v) is 4.75. The monoisotopic (exact) mass is 327 g/mol. The molecule has 0 unspecified atom stereocenters. The number of aromatic nitrogens is 2. The Labute approximate surface area is 129 Å². The first-order valence-corrected chi connectivity index (χ1v) is 9.39. The summed E-state index contributed by atoms with van der Waals surface area (Å²) in [6, 6.07) is -0.158. The molecule has 1 aromatic rings. The highest BCUT2D eigenvalue weighted by molar-refractivity contribution is 7.91. The van der Waals surface area contributed by atoms with Crippen molar-refractivity contribution >= 4 is 15.7 Å². The molecule has 22 heavy (non-hydrogen) atoms. The smallest absolute Gasteiger partial charge is 0.254 e. The largest absolute Gasteiger partial charge is 0.381 e. The van der Waals surface area contributed by atoms with E-state index in [0.717, 1.165) is 18.7 Å². The first-order chi connectivity index (χ1) is 10.5. The topological polar surface area (TPSA) is 90.3 Å². The van der Waals surface area contributed by atoms with Crippen LogP contribution in [-0.2, 0) is 14.6 Å². The molecule has 2 aliphatic heterocycles. The van der Waals surface area contributed by atoms with Crippen LogP contribution in [0.2, 0.25) is 0 Å². The average molecular weight is 327 g/mol. The van der Waals surface area contributed by atoms with E-state index in [1.54, 1.807) is 4.68 Å². The maximum Gasteiger partial charge on any atom is 0.254 e. The standard InChI is InChI=1S/C14H21N3O4S/c1-10-13(14(18)15-6-11-2-4-21-8-11)7-16-17(10)12-3-5-22(19,20)9-12/h7,11-12H,2-6,8-9H2,1H3,(H,15,18)/t11-,12+/m1/s1. The van der Waals surface area contributed by atoms with E-state index < -0.39 is 9.84 Å². The van der Waals surface area contributed by atoms with Gasteiger partial charge in [0.05, 0.1) is 35.9 Å². The molecule has 0 bridgehead atoms. The zero-order valence-electron chi connectivity index (χ0n) is 12.6. The van der Waals surface area contributed by atoms with Crippen LogP contribution >= 0.6 is 0 Å². The normalized spacial score (nSPS) is 27.1. The second kappa shape index (κ2) is 6.00. The van der Waals surface area contributed by atoms with Crippen molar-refractivity contribution in [2.24, 2.45) is 5.92 Å². The van der Waals surface area contributed by atoms with Gasteiger partial charge >= 0.3 is 0 Å². The van der Waals surface area contributed by atoms with Crippen molar-refractivity contribution in [3.8, 4) is 0 Å². The van der Waals surface area contributed by atoms with Crippen molar-refractivity contribution in [1.29, 1.82) is 0 Å². The average Bonchev–Trinajstić information content (AvgIpc) is 3.16. The number of nitrogens with zero attached hydrogens (tertiary/aromatic N) is 2. The quantitative estimate of drug-likeness (QED) is 0.860. The van der Waals surface area contributed by atoms with Gasteiger partial charge in [0.2, 0.25) is 0 Å². The summed E-state index contributed by atoms with van der Waals surface area (Å²) in [5.41, 5.74) is 1.24. The molecule has 122 valence electrons. The van der Waals surface area contributed by atoms with Gasteiger partial charge in [-0.15, -0.1) is 0 Å². The molecule has 0 aliphatic carbocycles. The van der Waals surface area contributed by atoms with Crippen LogP contribution in [0.15, 0.2) is 6.20 Å². The lowest BCUT2D eigenvalue weighted by Gasteiger charge is -2.12. The maximum absolute atomic E-state index is 12.3. The van der Waals surface area contributed by atoms with Crippen LogP contribution in [0.1, 0.15) is 34.9 Å². The van der Waals surface area contributed by atoms with E-state index in [1.807, 2.05) is 6.92 Å². The highest BCUT2D eigenvalue weighted by atomic mass is 32.2. The van der Waals surface area contributed by atoms with E-state index in [9.17, 15) is 13.2 Å². The molecule has 3 rings (SSSR count). The Hall–Kier alpha value is -1.41. The highest BCUT2D eigenvalue weighted by Crippen LogP contribution is 2.25. The van der Waals surface area contributed by atoms with E-state index in [2.05, 4.69) is 10.4 Å². The molecule has 0 spiro atoms. The van der Waals surface area contributed by atoms with Crippen molar-refractivity contribution < 1.29 is 17.9 Å². The second-order valence-electron chi connectivity index (χ2n) is 6.08. The minimum atomic E-state index is -2.97. The SMILES string of the molecule is Cc1c(C(=O)NC[C@H]2CCOC2)cnn1[C@H]1CCS(=O)(=O)C1. The first kappa shape index (κ1) is 15.5. The molecule has 1 aromatic heterocycles. The number of amides is 1. The van der Waals surface area contributed by atoms with Crippen LogP contribution in [0.25, 0.3) is 0 Å². The van der Waals surface area contributed by atoms with E-state index in [0.29, 0.717) is 31.1 Å². The summed E-state index contributed by atoms with van der Waals surface area (Å²) in [6.45, 7) is 3.86. The summed E-state index contributed by atoms with van der Waals surface area (Å²) in [6.07, 6.45) is 3.06. The summed E-state index contributed by atoms with van der Waals surface area (Å²) in [5.74, 6) is 0.520. The third-order valence-electron chi connectivity index (χ3n) is 4.42. The first-order valence-electron chi connectivity index (χ1n) is 7.57. The molecule has 2 atom stereocenters. The van der Waals surface area contributed by atoms with Gasteiger partial charge in [-0.1, -0.05) is 0 Å². The number of nitrogens with one attached hydrogen (secondary N) is 1. The van der Waals surface area contributed by atoms with Crippen molar-refractivity contribution in [1.82, 2.24) is 15.1 Å². The lowest BCUT2D eigenvalue weighted by Crippen LogP contribution is -2.29. The number of hydrogen-bond acceptors (Lipinski definition) is 5. The van der Waals surface area contributed by atoms with Gasteiger partial charge in [-0.05, 0) is 19.8 Å². The molecule has 0 radical (unpaired) electrons. The van der Waals surface area contributed by atoms with Crippen LogP contribution in [-0.4, -0.2) is 55.4 Å². The minimum Gasteiger partial charge on any atom is -0.381 e. The van der Waals surface area contributed by atoms with Crippen LogP contribution in [0, 0.1) is 12.8 Å². The number of hydrogen-bond donors (Lipinski definition) is 1. The molecule has 8 heteroatoms. The summed E-state index contributed by atoms with van der Waals surface area (Å²) >= 11 is 0. The molecular weight excluding hydrogens is 306 g/mol. The fourth-order valence-electron chi connectivity index (χ4n) is 3.06. The third-order valence-corrected chi connectivity index (χ3v) is 6.17. The van der Waals surface area contributed by atoms with Gasteiger partial charge < -0.3 is 10.1 Å². The number of ether oxygens (including phenoxy) is 1. The Morgan fingerprint density at radius 1 is 1.50 bits per heavy atom. The van der Waals surface area contributed by atoms with Crippen molar-refractivity contribution in [3.63, 3.8) is 0 Å². The summed E-state index contributed by atoms with van der Waals surface area (Å²) in [4.78, 5) is 12.3. The summed E-state index contributed by atoms with van der Waals surface area (Å²) < 4.78 is 30.1. The summed E-state index contributed by atoms with van der Waals surface area (Å²) in [7, 11) is -2.97. The minimum absolute atomic E-state index is 0.107. The molecule has 0 saturated carbocycles. The Bertz CT molecular complexity index is 662. The van der Waals surface area contributed by atoms with Gasteiger partial charge in [0.15, 0.2) is 9.84 Å². The molecule has 0 aromatic carbocycles. The fraction of sp³-hybridized carbons (Fsp3) is 0.714. The molecular formula is C14H21N3O4S. The van der Waals surface area contributed by atoms with Crippen LogP contribution in [0.4, 0.5) is 0 Å². The second-order valence-corrected chi connectivity index (χ2v) is 8.31. The Kier molecular flexibility index (Phi) is 4.22. The predicted molar refractivity (Wildman–Crippen MR) is 80.5 cm³/mol. The van der Waals surface area contributed by atoms with Gasteiger partial charge in [0, 0.05) is 24.8 Å². The molecule has 3 heterocycles. The van der Waals surface area contributed by atoms with Crippen LogP contribution in [0.5, 0.6) is 0 Å². The molecule has 2 saturated heterocycles. The molecule has 7 nitrogen and oxygen atoms in total. The zero-order chi connectivity index (χ0) is 15.7. The number of rotatable bonds is 4. The Balaban J connectivity index is 1.66. The van der Waals surface area contributed by atoms with Gasteiger partial charge in [-0.25, -0.2) is 8.42 Å². The lowest BCUT2D eigenvalue weighted by atomic mass is 10.1. The summed E-state index contributed by atoms with van der Waals surface area (Å²) in [5, 5.41) is 7.14. The van der Waals surface area contributed by atoms with E-state index in [1.165, 1.54) is 6.20 Å². The van der Waals surface area contributed by atoms with E-state index in [4.69, 9.17) is 4.74 Å². The van der Waals surface area contributed by atoms with E-state index >= 15 is 0 Å². The van der Waals surface area contributed by atoms with Crippen LogP contribution in [0.3, 0.4) is 0 Å². The Morgan fingerprint density at radius 2 is 2.32 bits per heavy atom. The van der Waals surface area contributed by atoms with Crippen LogP contribution < -0.4 is 5.32 Å². The maximum atomic E-state index is 12.3. The zero-order valence-corrected chi connectivity index (χ0v) is 13.4. The molecule has 1 N–H and O–H groups in total. The molecule has 2 fully saturated rings.